The maximum absolute atomic E-state index is 12.1. The van der Waals surface area contributed by atoms with Crippen molar-refractivity contribution in [2.75, 3.05) is 6.61 Å². The van der Waals surface area contributed by atoms with Crippen molar-refractivity contribution in [2.45, 2.75) is 26.3 Å². The lowest BCUT2D eigenvalue weighted by Crippen LogP contribution is -2.36. The van der Waals surface area contributed by atoms with Crippen molar-refractivity contribution in [3.8, 4) is 0 Å². The topological polar surface area (TPSA) is 95.1 Å². The molecule has 7 heteroatoms. The molecule has 0 spiro atoms. The van der Waals surface area contributed by atoms with Crippen LogP contribution in [0.15, 0.2) is 11.1 Å². The first-order chi connectivity index (χ1) is 9.08. The summed E-state index contributed by atoms with van der Waals surface area (Å²) in [5.74, 6) is -0.277. The molecule has 0 saturated heterocycles. The quantitative estimate of drug-likeness (QED) is 0.772. The Labute approximate surface area is 113 Å². The third-order valence-corrected chi connectivity index (χ3v) is 4.19. The molecule has 0 unspecified atom stereocenters. The molecule has 2 heterocycles. The van der Waals surface area contributed by atoms with E-state index in [1.807, 2.05) is 6.92 Å². The Morgan fingerprint density at radius 3 is 2.95 bits per heavy atom. The van der Waals surface area contributed by atoms with E-state index in [0.717, 1.165) is 0 Å². The van der Waals surface area contributed by atoms with Crippen molar-refractivity contribution in [3.05, 3.63) is 27.1 Å². The lowest BCUT2D eigenvalue weighted by Gasteiger charge is -2.13. The van der Waals surface area contributed by atoms with Crippen LogP contribution < -0.4 is 10.9 Å². The number of nitrogens with one attached hydrogen (secondary N) is 2. The highest BCUT2D eigenvalue weighted by atomic mass is 32.1. The number of rotatable bonds is 4. The highest BCUT2D eigenvalue weighted by Gasteiger charge is 2.19. The van der Waals surface area contributed by atoms with Gasteiger partial charge in [0, 0.05) is 0 Å². The minimum atomic E-state index is -0.277. The molecule has 0 aromatic carbocycles. The number of carbonyl (C=O) groups excluding carboxylic acids is 1. The number of carbonyl (C=O) groups is 1. The summed E-state index contributed by atoms with van der Waals surface area (Å²) in [4.78, 5) is 31.4. The van der Waals surface area contributed by atoms with Crippen LogP contribution in [0.25, 0.3) is 10.2 Å². The Kier molecular flexibility index (Phi) is 3.96. The Balaban J connectivity index is 2.41. The highest BCUT2D eigenvalue weighted by molar-refractivity contribution is 7.20. The fourth-order valence-corrected chi connectivity index (χ4v) is 2.88. The van der Waals surface area contributed by atoms with Gasteiger partial charge in [-0.15, -0.1) is 11.3 Å². The van der Waals surface area contributed by atoms with Gasteiger partial charge in [-0.3, -0.25) is 9.59 Å². The SMILES string of the molecule is CC[C@@H](CO)NC(=O)c1sc2nc[nH]c(=O)c2c1C. The van der Waals surface area contributed by atoms with Crippen LogP contribution in [0.2, 0.25) is 0 Å². The molecule has 2 aromatic heterocycles. The van der Waals surface area contributed by atoms with Gasteiger partial charge < -0.3 is 15.4 Å². The summed E-state index contributed by atoms with van der Waals surface area (Å²) in [6.07, 6.45) is 1.97. The molecule has 1 atom stereocenters. The van der Waals surface area contributed by atoms with Crippen LogP contribution in [0.1, 0.15) is 28.6 Å². The molecule has 0 radical (unpaired) electrons. The number of aromatic amines is 1. The van der Waals surface area contributed by atoms with Gasteiger partial charge in [0.15, 0.2) is 0 Å². The summed E-state index contributed by atoms with van der Waals surface area (Å²) < 4.78 is 0. The molecule has 0 aliphatic rings. The largest absolute Gasteiger partial charge is 0.394 e. The average molecular weight is 281 g/mol. The van der Waals surface area contributed by atoms with Crippen LogP contribution in [0.3, 0.4) is 0 Å². The minimum absolute atomic E-state index is 0.106. The van der Waals surface area contributed by atoms with E-state index >= 15 is 0 Å². The zero-order valence-corrected chi connectivity index (χ0v) is 11.5. The first kappa shape index (κ1) is 13.7. The zero-order valence-electron chi connectivity index (χ0n) is 10.7. The molecule has 102 valence electrons. The van der Waals surface area contributed by atoms with Crippen LogP contribution in [0, 0.1) is 6.92 Å². The van der Waals surface area contributed by atoms with Gasteiger partial charge in [-0.2, -0.15) is 0 Å². The van der Waals surface area contributed by atoms with E-state index in [0.29, 0.717) is 27.1 Å². The number of aromatic nitrogens is 2. The maximum Gasteiger partial charge on any atom is 0.262 e. The van der Waals surface area contributed by atoms with Crippen molar-refractivity contribution in [3.63, 3.8) is 0 Å². The minimum Gasteiger partial charge on any atom is -0.394 e. The lowest BCUT2D eigenvalue weighted by atomic mass is 10.2. The number of H-pyrrole nitrogens is 1. The summed E-state index contributed by atoms with van der Waals surface area (Å²) in [5, 5.41) is 12.3. The first-order valence-electron chi connectivity index (χ1n) is 5.97. The molecule has 6 nitrogen and oxygen atoms in total. The number of aliphatic hydroxyl groups excluding tert-OH is 1. The van der Waals surface area contributed by atoms with Gasteiger partial charge >= 0.3 is 0 Å². The standard InChI is InChI=1S/C12H15N3O3S/c1-3-7(4-16)15-11(18)9-6(2)8-10(17)13-5-14-12(8)19-9/h5,7,16H,3-4H2,1-2H3,(H,15,18)(H,13,14,17)/t7-/m0/s1. The van der Waals surface area contributed by atoms with E-state index in [-0.39, 0.29) is 24.1 Å². The molecule has 0 saturated carbocycles. The lowest BCUT2D eigenvalue weighted by molar-refractivity contribution is 0.0918. The molecule has 3 N–H and O–H groups in total. The fourth-order valence-electron chi connectivity index (χ4n) is 1.82. The number of aliphatic hydroxyl groups is 1. The van der Waals surface area contributed by atoms with Crippen molar-refractivity contribution < 1.29 is 9.90 Å². The van der Waals surface area contributed by atoms with Crippen LogP contribution in [0.4, 0.5) is 0 Å². The van der Waals surface area contributed by atoms with Crippen molar-refractivity contribution in [1.82, 2.24) is 15.3 Å². The summed E-state index contributed by atoms with van der Waals surface area (Å²) in [6.45, 7) is 3.50. The van der Waals surface area contributed by atoms with Crippen LogP contribution in [-0.2, 0) is 0 Å². The number of nitrogens with zero attached hydrogens (tertiary/aromatic N) is 1. The second kappa shape index (κ2) is 5.50. The monoisotopic (exact) mass is 281 g/mol. The third-order valence-electron chi connectivity index (χ3n) is 2.99. The molecule has 0 aliphatic heterocycles. The maximum atomic E-state index is 12.1. The molecule has 0 fully saturated rings. The molecular formula is C12H15N3O3S. The Hall–Kier alpha value is -1.73. The van der Waals surface area contributed by atoms with E-state index in [1.165, 1.54) is 17.7 Å². The van der Waals surface area contributed by atoms with E-state index in [4.69, 9.17) is 5.11 Å². The van der Waals surface area contributed by atoms with Gasteiger partial charge in [0.05, 0.1) is 29.2 Å². The summed E-state index contributed by atoms with van der Waals surface area (Å²) >= 11 is 1.18. The van der Waals surface area contributed by atoms with Crippen LogP contribution >= 0.6 is 11.3 Å². The summed E-state index contributed by atoms with van der Waals surface area (Å²) in [7, 11) is 0. The molecule has 2 aromatic rings. The Morgan fingerprint density at radius 1 is 1.63 bits per heavy atom. The summed E-state index contributed by atoms with van der Waals surface area (Å²) in [5.41, 5.74) is 0.381. The second-order valence-corrected chi connectivity index (χ2v) is 5.23. The normalized spacial score (nSPS) is 12.6. The predicted molar refractivity (Wildman–Crippen MR) is 73.6 cm³/mol. The number of amides is 1. The third kappa shape index (κ3) is 2.52. The van der Waals surface area contributed by atoms with Gasteiger partial charge in [0.1, 0.15) is 4.83 Å². The first-order valence-corrected chi connectivity index (χ1v) is 6.78. The van der Waals surface area contributed by atoms with Crippen molar-refractivity contribution in [2.24, 2.45) is 0 Å². The van der Waals surface area contributed by atoms with Gasteiger partial charge in [0.2, 0.25) is 0 Å². The molecule has 0 aliphatic carbocycles. The molecule has 0 bridgehead atoms. The number of fused-ring (bicyclic) bond motifs is 1. The molecule has 19 heavy (non-hydrogen) atoms. The van der Waals surface area contributed by atoms with E-state index in [1.54, 1.807) is 6.92 Å². The van der Waals surface area contributed by atoms with Crippen molar-refractivity contribution in [1.29, 1.82) is 0 Å². The molecular weight excluding hydrogens is 266 g/mol. The smallest absolute Gasteiger partial charge is 0.262 e. The van der Waals surface area contributed by atoms with Gasteiger partial charge in [-0.25, -0.2) is 4.98 Å². The molecule has 2 rings (SSSR count). The van der Waals surface area contributed by atoms with E-state index in [2.05, 4.69) is 15.3 Å². The Morgan fingerprint density at radius 2 is 2.37 bits per heavy atom. The zero-order chi connectivity index (χ0) is 14.0. The average Bonchev–Trinajstić information content (AvgIpc) is 2.74. The van der Waals surface area contributed by atoms with Crippen LogP contribution in [0.5, 0.6) is 0 Å². The second-order valence-electron chi connectivity index (χ2n) is 4.23. The predicted octanol–water partition coefficient (Wildman–Crippen LogP) is 0.794. The van der Waals surface area contributed by atoms with Gasteiger partial charge in [0.25, 0.3) is 11.5 Å². The van der Waals surface area contributed by atoms with E-state index < -0.39 is 0 Å². The number of thiophene rings is 1. The number of hydrogen-bond donors (Lipinski definition) is 3. The summed E-state index contributed by atoms with van der Waals surface area (Å²) in [6, 6.07) is -0.275. The Bertz CT molecular complexity index is 658. The number of aryl methyl sites for hydroxylation is 1. The highest BCUT2D eigenvalue weighted by Crippen LogP contribution is 2.26. The number of hydrogen-bond acceptors (Lipinski definition) is 5. The van der Waals surface area contributed by atoms with Gasteiger partial charge in [-0.05, 0) is 18.9 Å². The van der Waals surface area contributed by atoms with E-state index in [9.17, 15) is 9.59 Å². The van der Waals surface area contributed by atoms with Crippen LogP contribution in [-0.4, -0.2) is 33.6 Å². The van der Waals surface area contributed by atoms with Gasteiger partial charge in [-0.1, -0.05) is 6.92 Å². The molecule has 1 amide bonds. The van der Waals surface area contributed by atoms with Crippen molar-refractivity contribution >= 4 is 27.5 Å². The fraction of sp³-hybridized carbons (Fsp3) is 0.417.